The van der Waals surface area contributed by atoms with Gasteiger partial charge in [0, 0.05) is 11.1 Å². The third-order valence-electron chi connectivity index (χ3n) is 5.86. The normalized spacial score (nSPS) is 19.7. The molecule has 2 aromatic rings. The van der Waals surface area contributed by atoms with Crippen LogP contribution in [0.25, 0.3) is 10.9 Å². The maximum absolute atomic E-state index is 13.6. The lowest BCUT2D eigenvalue weighted by Crippen LogP contribution is -2.40. The maximum Gasteiger partial charge on any atom is 0.310 e. The number of aromatic nitrogens is 1. The molecule has 0 saturated heterocycles. The van der Waals surface area contributed by atoms with E-state index in [2.05, 4.69) is 6.92 Å². The summed E-state index contributed by atoms with van der Waals surface area (Å²) in [5, 5.41) is 0.974. The quantitative estimate of drug-likeness (QED) is 0.756. The van der Waals surface area contributed by atoms with Crippen molar-refractivity contribution < 1.29 is 14.3 Å². The number of hydrogen-bond donors (Lipinski definition) is 1. The summed E-state index contributed by atoms with van der Waals surface area (Å²) in [5.41, 5.74) is 7.63. The summed E-state index contributed by atoms with van der Waals surface area (Å²) in [5.74, 6) is -0.106. The highest BCUT2D eigenvalue weighted by molar-refractivity contribution is 6.00. The van der Waals surface area contributed by atoms with Crippen LogP contribution in [0.5, 0.6) is 0 Å². The van der Waals surface area contributed by atoms with E-state index in [-0.39, 0.29) is 23.7 Å². The Kier molecular flexibility index (Phi) is 5.67. The molecule has 0 amide bonds. The average Bonchev–Trinajstić information content (AvgIpc) is 2.94. The largest absolute Gasteiger partial charge is 0.460 e. The highest BCUT2D eigenvalue weighted by Gasteiger charge is 2.42. The van der Waals surface area contributed by atoms with Crippen LogP contribution in [0, 0.1) is 5.41 Å². The molecule has 0 aliphatic carbocycles. The highest BCUT2D eigenvalue weighted by atomic mass is 16.6. The Morgan fingerprint density at radius 1 is 1.29 bits per heavy atom. The fourth-order valence-corrected chi connectivity index (χ4v) is 4.45. The molecule has 0 bridgehead atoms. The average molecular weight is 385 g/mol. The molecule has 1 aliphatic rings. The summed E-state index contributed by atoms with van der Waals surface area (Å²) < 4.78 is 7.42. The summed E-state index contributed by atoms with van der Waals surface area (Å²) in [6.45, 7) is 8.29. The second-order valence-corrected chi connectivity index (χ2v) is 8.87. The van der Waals surface area contributed by atoms with Crippen LogP contribution in [0.15, 0.2) is 24.3 Å². The highest BCUT2D eigenvalue weighted by Crippen LogP contribution is 2.43. The van der Waals surface area contributed by atoms with Crippen LogP contribution >= 0.6 is 0 Å². The van der Waals surface area contributed by atoms with Gasteiger partial charge in [-0.3, -0.25) is 14.2 Å². The summed E-state index contributed by atoms with van der Waals surface area (Å²) in [4.78, 5) is 26.2. The van der Waals surface area contributed by atoms with Gasteiger partial charge in [0.25, 0.3) is 0 Å². The number of para-hydroxylation sites is 1. The lowest BCUT2D eigenvalue weighted by Gasteiger charge is -2.36. The Morgan fingerprint density at radius 3 is 2.64 bits per heavy atom. The molecule has 1 atom stereocenters. The van der Waals surface area contributed by atoms with Gasteiger partial charge in [-0.2, -0.15) is 0 Å². The van der Waals surface area contributed by atoms with E-state index in [1.54, 1.807) is 0 Å². The van der Waals surface area contributed by atoms with Gasteiger partial charge < -0.3 is 10.5 Å². The zero-order valence-corrected chi connectivity index (χ0v) is 17.5. The van der Waals surface area contributed by atoms with Gasteiger partial charge in [-0.05, 0) is 71.0 Å². The molecule has 3 rings (SSSR count). The number of rotatable bonds is 6. The molecule has 1 aromatic heterocycles. The molecule has 28 heavy (non-hydrogen) atoms. The Bertz CT molecular complexity index is 891. The zero-order valence-electron chi connectivity index (χ0n) is 17.5. The van der Waals surface area contributed by atoms with Crippen molar-refractivity contribution in [2.24, 2.45) is 11.1 Å². The molecule has 1 aromatic carbocycles. The lowest BCUT2D eigenvalue weighted by molar-refractivity contribution is -0.153. The van der Waals surface area contributed by atoms with Crippen LogP contribution in [0.4, 0.5) is 0 Å². The van der Waals surface area contributed by atoms with E-state index in [0.29, 0.717) is 6.54 Å². The van der Waals surface area contributed by atoms with Crippen molar-refractivity contribution in [3.8, 4) is 0 Å². The maximum atomic E-state index is 13.6. The number of nitrogens with two attached hydrogens (primary N) is 1. The van der Waals surface area contributed by atoms with E-state index >= 15 is 0 Å². The molecule has 5 nitrogen and oxygen atoms in total. The molecule has 0 radical (unpaired) electrons. The number of carbonyl (C=O) groups excluding carboxylic acids is 2. The Hall–Kier alpha value is -2.14. The van der Waals surface area contributed by atoms with E-state index in [1.807, 2.05) is 49.6 Å². The number of fused-ring (bicyclic) bond motifs is 3. The first-order valence-electron chi connectivity index (χ1n) is 10.3. The molecule has 0 unspecified atom stereocenters. The van der Waals surface area contributed by atoms with Crippen LogP contribution in [0.2, 0.25) is 0 Å². The predicted octanol–water partition coefficient (Wildman–Crippen LogP) is 4.25. The van der Waals surface area contributed by atoms with Gasteiger partial charge in [0.1, 0.15) is 5.60 Å². The number of benzene rings is 1. The van der Waals surface area contributed by atoms with Gasteiger partial charge in [0.2, 0.25) is 5.91 Å². The number of hydrogen-bond acceptors (Lipinski definition) is 4. The van der Waals surface area contributed by atoms with E-state index < -0.39 is 5.60 Å². The van der Waals surface area contributed by atoms with Gasteiger partial charge in [0.05, 0.1) is 17.4 Å². The van der Waals surface area contributed by atoms with Crippen LogP contribution in [0.1, 0.15) is 69.4 Å². The van der Waals surface area contributed by atoms with Crippen LogP contribution < -0.4 is 5.73 Å². The number of ether oxygens (including phenoxy) is 1. The summed E-state index contributed by atoms with van der Waals surface area (Å²) >= 11 is 0. The van der Waals surface area contributed by atoms with Crippen molar-refractivity contribution >= 4 is 22.8 Å². The summed E-state index contributed by atoms with van der Waals surface area (Å²) in [6, 6.07) is 7.88. The second kappa shape index (κ2) is 7.70. The molecule has 152 valence electrons. The van der Waals surface area contributed by atoms with Crippen LogP contribution in [-0.2, 0) is 22.4 Å². The number of carbonyl (C=O) groups is 2. The van der Waals surface area contributed by atoms with Crippen LogP contribution in [0.3, 0.4) is 0 Å². The minimum atomic E-state index is -0.526. The first-order chi connectivity index (χ1) is 13.2. The minimum absolute atomic E-state index is 0.149. The number of nitrogens with zero attached hydrogens (tertiary/aromatic N) is 1. The minimum Gasteiger partial charge on any atom is -0.460 e. The Balaban J connectivity index is 2.06. The van der Waals surface area contributed by atoms with Crippen molar-refractivity contribution in [1.82, 2.24) is 4.57 Å². The van der Waals surface area contributed by atoms with Crippen LogP contribution in [-0.4, -0.2) is 28.6 Å². The Morgan fingerprint density at radius 2 is 2.00 bits per heavy atom. The summed E-state index contributed by atoms with van der Waals surface area (Å²) in [6.07, 6.45) is 4.25. The van der Waals surface area contributed by atoms with Gasteiger partial charge in [-0.25, -0.2) is 0 Å². The monoisotopic (exact) mass is 384 g/mol. The van der Waals surface area contributed by atoms with E-state index in [0.717, 1.165) is 54.3 Å². The Labute approximate surface area is 167 Å². The van der Waals surface area contributed by atoms with Crippen molar-refractivity contribution in [2.45, 2.75) is 71.8 Å². The first-order valence-corrected chi connectivity index (χ1v) is 10.3. The van der Waals surface area contributed by atoms with Gasteiger partial charge in [-0.15, -0.1) is 0 Å². The van der Waals surface area contributed by atoms with Crippen molar-refractivity contribution in [3.63, 3.8) is 0 Å². The molecular weight excluding hydrogens is 352 g/mol. The number of esters is 1. The SMILES string of the molecule is CC[C@@]1(CCCN)CCc2c(CC(=O)OC(C)(C)C)c3ccccc3n2C1=O. The van der Waals surface area contributed by atoms with Gasteiger partial charge in [0.15, 0.2) is 0 Å². The molecule has 5 heteroatoms. The predicted molar refractivity (Wildman–Crippen MR) is 111 cm³/mol. The molecular formula is C23H32N2O3. The smallest absolute Gasteiger partial charge is 0.310 e. The molecule has 0 spiro atoms. The molecule has 1 aliphatic heterocycles. The van der Waals surface area contributed by atoms with Gasteiger partial charge in [-0.1, -0.05) is 25.1 Å². The van der Waals surface area contributed by atoms with Crippen molar-refractivity contribution in [3.05, 3.63) is 35.5 Å². The third-order valence-corrected chi connectivity index (χ3v) is 5.86. The van der Waals surface area contributed by atoms with E-state index in [1.165, 1.54) is 0 Å². The zero-order chi connectivity index (χ0) is 20.5. The third kappa shape index (κ3) is 3.72. The molecule has 0 fully saturated rings. The standard InChI is InChI=1S/C23H32N2O3/c1-5-23(12-8-14-24)13-11-19-17(15-20(26)28-22(2,3)4)16-9-6-7-10-18(16)25(19)21(23)27/h6-7,9-10H,5,8,11-15,24H2,1-4H3/t23-/m1/s1. The van der Waals surface area contributed by atoms with Crippen molar-refractivity contribution in [2.75, 3.05) is 6.54 Å². The molecule has 2 N–H and O–H groups in total. The lowest BCUT2D eigenvalue weighted by atomic mass is 9.73. The summed E-state index contributed by atoms with van der Waals surface area (Å²) in [7, 11) is 0. The molecule has 0 saturated carbocycles. The van der Waals surface area contributed by atoms with E-state index in [4.69, 9.17) is 10.5 Å². The van der Waals surface area contributed by atoms with Gasteiger partial charge >= 0.3 is 5.97 Å². The van der Waals surface area contributed by atoms with E-state index in [9.17, 15) is 9.59 Å². The first kappa shape index (κ1) is 20.6. The topological polar surface area (TPSA) is 74.3 Å². The fourth-order valence-electron chi connectivity index (χ4n) is 4.45. The molecule has 2 heterocycles. The second-order valence-electron chi connectivity index (χ2n) is 8.87. The fraction of sp³-hybridized carbons (Fsp3) is 0.565. The van der Waals surface area contributed by atoms with Crippen molar-refractivity contribution in [1.29, 1.82) is 0 Å².